The molecule has 0 bridgehead atoms. The summed E-state index contributed by atoms with van der Waals surface area (Å²) in [5.41, 5.74) is 0.883. The normalized spacial score (nSPS) is 19.0. The van der Waals surface area contributed by atoms with Crippen LogP contribution >= 0.6 is 0 Å². The summed E-state index contributed by atoms with van der Waals surface area (Å²) in [6, 6.07) is 6.97. The van der Waals surface area contributed by atoms with Crippen molar-refractivity contribution in [2.45, 2.75) is 149 Å². The summed E-state index contributed by atoms with van der Waals surface area (Å²) in [5.74, 6) is -2.56. The van der Waals surface area contributed by atoms with Crippen LogP contribution in [0.25, 0.3) is 0 Å². The van der Waals surface area contributed by atoms with E-state index in [-0.39, 0.29) is 61.0 Å². The topological polar surface area (TPSA) is 190 Å². The van der Waals surface area contributed by atoms with Gasteiger partial charge in [0.15, 0.2) is 0 Å². The van der Waals surface area contributed by atoms with Crippen molar-refractivity contribution < 1.29 is 43.7 Å². The quantitative estimate of drug-likeness (QED) is 0.0872. The van der Waals surface area contributed by atoms with Crippen LogP contribution in [0.1, 0.15) is 99.5 Å². The number of likely N-dealkylation sites (N-methyl/N-ethyl adjacent to an activating group) is 2. The Balaban J connectivity index is 2.20. The average molecular weight is 847 g/mol. The molecule has 10 atom stereocenters. The molecule has 0 saturated carbocycles. The fourth-order valence-corrected chi connectivity index (χ4v) is 8.59. The van der Waals surface area contributed by atoms with E-state index in [1.54, 1.807) is 18.9 Å². The number of carboxylic acid groups (broad SMARTS) is 1. The van der Waals surface area contributed by atoms with Gasteiger partial charge in [0.1, 0.15) is 6.04 Å². The van der Waals surface area contributed by atoms with E-state index >= 15 is 0 Å². The molecule has 0 aliphatic carbocycles. The Hall–Kier alpha value is -3.63. The van der Waals surface area contributed by atoms with E-state index in [4.69, 9.17) is 14.6 Å². The molecule has 15 heteroatoms. The fourth-order valence-electron chi connectivity index (χ4n) is 8.59. The largest absolute Gasteiger partial charge is 0.481 e. The zero-order valence-electron chi connectivity index (χ0n) is 38.5. The fraction of sp³-hybridized carbons (Fsp3) is 0.756. The van der Waals surface area contributed by atoms with Gasteiger partial charge in [-0.15, -0.1) is 0 Å². The van der Waals surface area contributed by atoms with Gasteiger partial charge in [-0.3, -0.25) is 33.8 Å². The molecule has 0 radical (unpaired) electrons. The number of aliphatic hydroxyl groups is 1. The lowest BCUT2D eigenvalue weighted by atomic mass is 9.89. The van der Waals surface area contributed by atoms with Crippen molar-refractivity contribution in [2.75, 3.05) is 47.9 Å². The van der Waals surface area contributed by atoms with Crippen molar-refractivity contribution in [1.29, 1.82) is 0 Å². The third-order valence-electron chi connectivity index (χ3n) is 12.2. The van der Waals surface area contributed by atoms with Gasteiger partial charge in [-0.05, 0) is 70.1 Å². The highest BCUT2D eigenvalue weighted by molar-refractivity contribution is 5.89. The van der Waals surface area contributed by atoms with E-state index in [0.29, 0.717) is 32.5 Å². The van der Waals surface area contributed by atoms with Gasteiger partial charge >= 0.3 is 5.97 Å². The van der Waals surface area contributed by atoms with Crippen LogP contribution in [0, 0.1) is 23.7 Å². The standard InChI is InChI=1S/C45H78N6O9/c1-13-30(6)41(50(10)27-34(28(2)3)47-45(58)40(29(4)5)49(9)23-18-22-38(54)55)36(59-11)25-37(53)51-24-17-21-35(51)42(60-12)31(7)43(56)48-39(32(8)52)44(57)46-26-33-19-15-14-16-20-33/h14-16,19-20,28-32,34-36,39-42,52H,13,17-18,21-27H2,1-12H3,(H,46,57)(H,47,58)(H,48,56)(H,54,55)/t30-,31+,32+,34+,35-,36+,39-,40-,41?,42+/m0/s1. The van der Waals surface area contributed by atoms with Crippen LogP contribution in [0.3, 0.4) is 0 Å². The minimum absolute atomic E-state index is 0.00410. The number of benzene rings is 1. The first kappa shape index (κ1) is 52.5. The van der Waals surface area contributed by atoms with Gasteiger partial charge < -0.3 is 40.5 Å². The molecule has 2 rings (SSSR count). The zero-order chi connectivity index (χ0) is 45.3. The lowest BCUT2D eigenvalue weighted by Crippen LogP contribution is -2.57. The molecule has 1 aliphatic rings. The van der Waals surface area contributed by atoms with E-state index in [2.05, 4.69) is 48.5 Å². The summed E-state index contributed by atoms with van der Waals surface area (Å²) in [4.78, 5) is 71.9. The maximum atomic E-state index is 14.3. The second kappa shape index (κ2) is 26.0. The molecule has 1 aromatic rings. The zero-order valence-corrected chi connectivity index (χ0v) is 38.5. The molecule has 1 unspecified atom stereocenters. The van der Waals surface area contributed by atoms with E-state index in [1.165, 1.54) is 14.0 Å². The molecular weight excluding hydrogens is 769 g/mol. The molecule has 342 valence electrons. The van der Waals surface area contributed by atoms with Crippen LogP contribution in [0.2, 0.25) is 0 Å². The maximum Gasteiger partial charge on any atom is 0.303 e. The molecule has 1 heterocycles. The first-order valence-electron chi connectivity index (χ1n) is 21.9. The molecule has 1 aliphatic heterocycles. The van der Waals surface area contributed by atoms with Gasteiger partial charge in [-0.1, -0.05) is 85.2 Å². The highest BCUT2D eigenvalue weighted by Crippen LogP contribution is 2.29. The number of methoxy groups -OCH3 is 2. The molecule has 1 saturated heterocycles. The van der Waals surface area contributed by atoms with E-state index in [0.717, 1.165) is 18.4 Å². The number of carbonyl (C=O) groups excluding carboxylic acids is 4. The number of nitrogens with zero attached hydrogens (tertiary/aromatic N) is 3. The third-order valence-corrected chi connectivity index (χ3v) is 12.2. The van der Waals surface area contributed by atoms with Crippen molar-refractivity contribution in [3.8, 4) is 0 Å². The van der Waals surface area contributed by atoms with Gasteiger partial charge in [0, 0.05) is 52.4 Å². The Morgan fingerprint density at radius 2 is 1.53 bits per heavy atom. The number of hydrogen-bond donors (Lipinski definition) is 5. The van der Waals surface area contributed by atoms with Gasteiger partial charge in [0.2, 0.25) is 23.6 Å². The number of rotatable bonds is 27. The first-order valence-corrected chi connectivity index (χ1v) is 21.9. The molecule has 0 spiro atoms. The van der Waals surface area contributed by atoms with Crippen molar-refractivity contribution in [1.82, 2.24) is 30.7 Å². The third kappa shape index (κ3) is 15.7. The number of carbonyl (C=O) groups is 5. The van der Waals surface area contributed by atoms with E-state index in [1.807, 2.05) is 63.2 Å². The Kier molecular flexibility index (Phi) is 22.7. The summed E-state index contributed by atoms with van der Waals surface area (Å²) in [6.07, 6.45) is 0.488. The average Bonchev–Trinajstić information content (AvgIpc) is 3.68. The van der Waals surface area contributed by atoms with Gasteiger partial charge in [-0.2, -0.15) is 0 Å². The number of likely N-dealkylation sites (tertiary alicyclic amines) is 1. The summed E-state index contributed by atoms with van der Waals surface area (Å²) in [5, 5.41) is 28.4. The highest BCUT2D eigenvalue weighted by atomic mass is 16.5. The maximum absolute atomic E-state index is 14.3. The van der Waals surface area contributed by atoms with Crippen molar-refractivity contribution >= 4 is 29.6 Å². The number of nitrogens with one attached hydrogen (secondary N) is 3. The van der Waals surface area contributed by atoms with Crippen molar-refractivity contribution in [2.24, 2.45) is 23.7 Å². The van der Waals surface area contributed by atoms with Crippen molar-refractivity contribution in [3.05, 3.63) is 35.9 Å². The summed E-state index contributed by atoms with van der Waals surface area (Å²) in [7, 11) is 7.01. The Bertz CT molecular complexity index is 1480. The molecular formula is C45H78N6O9. The van der Waals surface area contributed by atoms with Crippen LogP contribution in [0.5, 0.6) is 0 Å². The Morgan fingerprint density at radius 3 is 2.07 bits per heavy atom. The lowest BCUT2D eigenvalue weighted by Gasteiger charge is -2.41. The monoisotopic (exact) mass is 847 g/mol. The number of aliphatic carboxylic acids is 1. The lowest BCUT2D eigenvalue weighted by molar-refractivity contribution is -0.144. The predicted molar refractivity (Wildman–Crippen MR) is 233 cm³/mol. The SMILES string of the molecule is CC[C@H](C)C([C@@H](CC(=O)N1CCC[C@H]1[C@H](OC)[C@@H](C)C(=O)N[C@H](C(=O)NCc1ccccc1)[C@@H](C)O)OC)N(C)C[C@@H](NC(=O)[C@H](C(C)C)N(C)CCCC(=O)O)C(C)C. The van der Waals surface area contributed by atoms with E-state index in [9.17, 15) is 29.1 Å². The number of aliphatic hydroxyl groups excluding tert-OH is 1. The number of amides is 4. The second-order valence-corrected chi connectivity index (χ2v) is 17.5. The predicted octanol–water partition coefficient (Wildman–Crippen LogP) is 3.52. The van der Waals surface area contributed by atoms with Gasteiger partial charge in [0.25, 0.3) is 0 Å². The molecule has 4 amide bonds. The second-order valence-electron chi connectivity index (χ2n) is 17.5. The Morgan fingerprint density at radius 1 is 0.883 bits per heavy atom. The van der Waals surface area contributed by atoms with E-state index < -0.39 is 60.1 Å². The van der Waals surface area contributed by atoms with Gasteiger partial charge in [0.05, 0.1) is 42.7 Å². The summed E-state index contributed by atoms with van der Waals surface area (Å²) >= 11 is 0. The molecule has 1 aromatic carbocycles. The number of hydrogen-bond acceptors (Lipinski definition) is 10. The first-order chi connectivity index (χ1) is 28.3. The van der Waals surface area contributed by atoms with Crippen LogP contribution in [0.15, 0.2) is 30.3 Å². The summed E-state index contributed by atoms with van der Waals surface area (Å²) in [6.45, 7) is 17.3. The van der Waals surface area contributed by atoms with Crippen LogP contribution in [-0.4, -0.2) is 151 Å². The molecule has 60 heavy (non-hydrogen) atoms. The van der Waals surface area contributed by atoms with Gasteiger partial charge in [-0.25, -0.2) is 0 Å². The summed E-state index contributed by atoms with van der Waals surface area (Å²) < 4.78 is 12.1. The number of ether oxygens (including phenoxy) is 2. The van der Waals surface area contributed by atoms with Crippen LogP contribution in [-0.2, 0) is 40.0 Å². The van der Waals surface area contributed by atoms with Crippen LogP contribution < -0.4 is 16.0 Å². The smallest absolute Gasteiger partial charge is 0.303 e. The number of carboxylic acids is 1. The molecule has 5 N–H and O–H groups in total. The molecule has 1 fully saturated rings. The molecule has 15 nitrogen and oxygen atoms in total. The van der Waals surface area contributed by atoms with Crippen molar-refractivity contribution in [3.63, 3.8) is 0 Å². The minimum Gasteiger partial charge on any atom is -0.481 e. The Labute approximate surface area is 359 Å². The highest BCUT2D eigenvalue weighted by Gasteiger charge is 2.42. The van der Waals surface area contributed by atoms with Crippen LogP contribution in [0.4, 0.5) is 0 Å². The molecule has 0 aromatic heterocycles. The minimum atomic E-state index is -1.18.